The van der Waals surface area contributed by atoms with Crippen LogP contribution >= 0.6 is 0 Å². The first-order valence-electron chi connectivity index (χ1n) is 6.78. The lowest BCUT2D eigenvalue weighted by atomic mass is 9.77. The number of benzene rings is 1. The van der Waals surface area contributed by atoms with Gasteiger partial charge >= 0.3 is 6.98 Å². The summed E-state index contributed by atoms with van der Waals surface area (Å²) in [5.74, 6) is 0.458. The Morgan fingerprint density at radius 1 is 1.35 bits per heavy atom. The molecule has 1 heterocycles. The van der Waals surface area contributed by atoms with Gasteiger partial charge in [-0.1, -0.05) is 11.6 Å². The summed E-state index contributed by atoms with van der Waals surface area (Å²) in [5, 5.41) is 0. The van der Waals surface area contributed by atoms with Gasteiger partial charge in [0.1, 0.15) is 12.4 Å². The molecular weight excluding hydrogens is 268 g/mol. The predicted octanol–water partition coefficient (Wildman–Crippen LogP) is 3.39. The second kappa shape index (κ2) is 5.32. The molecule has 0 bridgehead atoms. The topological polar surface area (TPSA) is 18.5 Å². The predicted molar refractivity (Wildman–Crippen MR) is 73.6 cm³/mol. The fourth-order valence-corrected chi connectivity index (χ4v) is 2.49. The van der Waals surface area contributed by atoms with E-state index >= 15 is 0 Å². The molecule has 1 atom stereocenters. The fraction of sp³-hybridized carbons (Fsp3) is 0.571. The summed E-state index contributed by atoms with van der Waals surface area (Å²) >= 11 is 0. The van der Waals surface area contributed by atoms with Gasteiger partial charge in [0.25, 0.3) is 0 Å². The molecular formula is C14H19BF3O2-. The van der Waals surface area contributed by atoms with Gasteiger partial charge in [0, 0.05) is 0 Å². The van der Waals surface area contributed by atoms with Crippen LogP contribution in [0.5, 0.6) is 5.75 Å². The number of aryl methyl sites for hydroxylation is 1. The van der Waals surface area contributed by atoms with Crippen molar-refractivity contribution in [3.05, 3.63) is 23.8 Å². The van der Waals surface area contributed by atoms with Gasteiger partial charge < -0.3 is 22.4 Å². The zero-order valence-electron chi connectivity index (χ0n) is 12.0. The van der Waals surface area contributed by atoms with E-state index in [1.807, 2.05) is 13.8 Å². The maximum Gasteiger partial charge on any atom is 0.509 e. The number of hydrogen-bond acceptors (Lipinski definition) is 2. The summed E-state index contributed by atoms with van der Waals surface area (Å²) in [4.78, 5) is 0. The highest BCUT2D eigenvalue weighted by atomic mass is 19.4. The van der Waals surface area contributed by atoms with Crippen LogP contribution in [-0.4, -0.2) is 25.3 Å². The van der Waals surface area contributed by atoms with Gasteiger partial charge in [-0.25, -0.2) is 0 Å². The molecule has 1 saturated heterocycles. The lowest BCUT2D eigenvalue weighted by Crippen LogP contribution is -2.36. The van der Waals surface area contributed by atoms with Crippen molar-refractivity contribution in [2.75, 3.05) is 6.61 Å². The summed E-state index contributed by atoms with van der Waals surface area (Å²) in [6.07, 6.45) is 1.89. The van der Waals surface area contributed by atoms with Crippen molar-refractivity contribution in [1.29, 1.82) is 0 Å². The van der Waals surface area contributed by atoms with E-state index in [0.717, 1.165) is 18.9 Å². The maximum absolute atomic E-state index is 12.7. The Kier molecular flexibility index (Phi) is 4.05. The second-order valence-electron chi connectivity index (χ2n) is 5.94. The minimum Gasteiger partial charge on any atom is -0.491 e. The SMILES string of the molecule is Cc1cc(OCC2CCC(C)(C)O2)ccc1[B-](F)(F)F. The van der Waals surface area contributed by atoms with Crippen LogP contribution in [0.1, 0.15) is 32.3 Å². The zero-order valence-corrected chi connectivity index (χ0v) is 12.0. The number of ether oxygens (including phenoxy) is 2. The van der Waals surface area contributed by atoms with Crippen molar-refractivity contribution in [1.82, 2.24) is 0 Å². The molecule has 0 aliphatic carbocycles. The largest absolute Gasteiger partial charge is 0.509 e. The Balaban J connectivity index is 1.96. The van der Waals surface area contributed by atoms with Gasteiger partial charge in [0.2, 0.25) is 0 Å². The molecule has 0 spiro atoms. The Morgan fingerprint density at radius 3 is 2.55 bits per heavy atom. The monoisotopic (exact) mass is 287 g/mol. The van der Waals surface area contributed by atoms with Crippen molar-refractivity contribution in [2.45, 2.75) is 45.3 Å². The third kappa shape index (κ3) is 3.69. The molecule has 1 aromatic rings. The molecule has 0 aromatic heterocycles. The first kappa shape index (κ1) is 15.2. The summed E-state index contributed by atoms with van der Waals surface area (Å²) in [6, 6.07) is 3.90. The van der Waals surface area contributed by atoms with E-state index in [-0.39, 0.29) is 17.3 Å². The third-order valence-electron chi connectivity index (χ3n) is 3.58. The van der Waals surface area contributed by atoms with Crippen LogP contribution in [0, 0.1) is 6.92 Å². The van der Waals surface area contributed by atoms with E-state index in [0.29, 0.717) is 12.4 Å². The Bertz CT molecular complexity index is 486. The van der Waals surface area contributed by atoms with Gasteiger partial charge in [-0.2, -0.15) is 0 Å². The molecule has 1 aliphatic rings. The highest BCUT2D eigenvalue weighted by molar-refractivity contribution is 6.74. The van der Waals surface area contributed by atoms with Crippen molar-refractivity contribution < 1.29 is 22.4 Å². The average molecular weight is 287 g/mol. The molecule has 0 N–H and O–H groups in total. The number of hydrogen-bond donors (Lipinski definition) is 0. The smallest absolute Gasteiger partial charge is 0.491 e. The van der Waals surface area contributed by atoms with E-state index in [4.69, 9.17) is 9.47 Å². The van der Waals surface area contributed by atoms with Crippen molar-refractivity contribution in [3.63, 3.8) is 0 Å². The number of halogens is 3. The van der Waals surface area contributed by atoms with Crippen LogP contribution in [0.15, 0.2) is 18.2 Å². The highest BCUT2D eigenvalue weighted by Crippen LogP contribution is 2.29. The van der Waals surface area contributed by atoms with Crippen molar-refractivity contribution in [3.8, 4) is 5.75 Å². The van der Waals surface area contributed by atoms with Crippen LogP contribution in [-0.2, 0) is 4.74 Å². The summed E-state index contributed by atoms with van der Waals surface area (Å²) in [5.41, 5.74) is -0.495. The molecule has 1 aliphatic heterocycles. The molecule has 112 valence electrons. The lowest BCUT2D eigenvalue weighted by Gasteiger charge is -2.21. The van der Waals surface area contributed by atoms with Crippen LogP contribution in [0.4, 0.5) is 12.9 Å². The summed E-state index contributed by atoms with van der Waals surface area (Å²) in [7, 11) is 0. The van der Waals surface area contributed by atoms with Gasteiger partial charge in [-0.15, -0.1) is 5.46 Å². The Morgan fingerprint density at radius 2 is 2.05 bits per heavy atom. The maximum atomic E-state index is 12.7. The third-order valence-corrected chi connectivity index (χ3v) is 3.58. The lowest BCUT2D eigenvalue weighted by molar-refractivity contribution is -0.0326. The Hall–Kier alpha value is -1.17. The normalized spacial score (nSPS) is 22.0. The molecule has 6 heteroatoms. The highest BCUT2D eigenvalue weighted by Gasteiger charge is 2.32. The van der Waals surface area contributed by atoms with Crippen LogP contribution < -0.4 is 10.2 Å². The van der Waals surface area contributed by atoms with Crippen LogP contribution in [0.2, 0.25) is 0 Å². The fourth-order valence-electron chi connectivity index (χ4n) is 2.49. The second-order valence-corrected chi connectivity index (χ2v) is 5.94. The van der Waals surface area contributed by atoms with Gasteiger partial charge in [0.15, 0.2) is 0 Å². The first-order chi connectivity index (χ1) is 9.17. The van der Waals surface area contributed by atoms with E-state index in [2.05, 4.69) is 0 Å². The molecule has 1 fully saturated rings. The van der Waals surface area contributed by atoms with Gasteiger partial charge in [-0.3, -0.25) is 0 Å². The van der Waals surface area contributed by atoms with Gasteiger partial charge in [-0.05, 0) is 45.7 Å². The molecule has 0 amide bonds. The zero-order chi connectivity index (χ0) is 15.0. The van der Waals surface area contributed by atoms with Crippen molar-refractivity contribution in [2.24, 2.45) is 0 Å². The minimum atomic E-state index is -4.96. The van der Waals surface area contributed by atoms with Crippen molar-refractivity contribution >= 4 is 12.4 Å². The average Bonchev–Trinajstić information content (AvgIpc) is 2.65. The molecule has 2 rings (SSSR count). The first-order valence-corrected chi connectivity index (χ1v) is 6.78. The van der Waals surface area contributed by atoms with Crippen LogP contribution in [0.25, 0.3) is 0 Å². The van der Waals surface area contributed by atoms with Gasteiger partial charge in [0.05, 0.1) is 11.7 Å². The van der Waals surface area contributed by atoms with E-state index < -0.39 is 12.4 Å². The molecule has 1 unspecified atom stereocenters. The Labute approximate surface area is 117 Å². The summed E-state index contributed by atoms with van der Waals surface area (Å²) < 4.78 is 49.4. The molecule has 2 nitrogen and oxygen atoms in total. The molecule has 1 aromatic carbocycles. The van der Waals surface area contributed by atoms with E-state index in [1.165, 1.54) is 19.1 Å². The standard InChI is InChI=1S/C14H19BF3O2/c1-10-8-11(4-5-13(10)15(16,17)18)19-9-12-6-7-14(2,3)20-12/h4-5,8,12H,6-7,9H2,1-3H3/q-1. The number of rotatable bonds is 4. The molecule has 20 heavy (non-hydrogen) atoms. The van der Waals surface area contributed by atoms with E-state index in [1.54, 1.807) is 0 Å². The quantitative estimate of drug-likeness (QED) is 0.790. The van der Waals surface area contributed by atoms with Crippen LogP contribution in [0.3, 0.4) is 0 Å². The summed E-state index contributed by atoms with van der Waals surface area (Å²) in [6.45, 7) is 0.914. The molecule has 0 saturated carbocycles. The molecule has 0 radical (unpaired) electrons. The minimum absolute atomic E-state index is 0.0109. The van der Waals surface area contributed by atoms with E-state index in [9.17, 15) is 12.9 Å².